The second-order valence-electron chi connectivity index (χ2n) is 6.44. The van der Waals surface area contributed by atoms with Gasteiger partial charge in [-0.15, -0.1) is 0 Å². The summed E-state index contributed by atoms with van der Waals surface area (Å²) < 4.78 is 49.7. The monoisotopic (exact) mass is 450 g/mol. The van der Waals surface area contributed by atoms with Crippen molar-refractivity contribution in [2.45, 2.75) is 12.8 Å². The molecule has 0 heterocycles. The van der Waals surface area contributed by atoms with Gasteiger partial charge < -0.3 is 20.1 Å². The highest BCUT2D eigenvalue weighted by molar-refractivity contribution is 6.31. The summed E-state index contributed by atoms with van der Waals surface area (Å²) in [4.78, 5) is 12.1. The average molecular weight is 451 g/mol. The van der Waals surface area contributed by atoms with Crippen LogP contribution < -0.4 is 20.1 Å². The van der Waals surface area contributed by atoms with Crippen LogP contribution in [0.3, 0.4) is 0 Å². The number of nitrogens with one attached hydrogen (secondary N) is 2. The molecule has 162 valence electrons. The number of benzene rings is 3. The molecule has 0 spiro atoms. The summed E-state index contributed by atoms with van der Waals surface area (Å²) in [6.45, 7) is 0.336. The number of alkyl halides is 3. The number of rotatable bonds is 6. The molecular formula is C22H18ClF3N2O3. The topological polar surface area (TPSA) is 59.6 Å². The van der Waals surface area contributed by atoms with Gasteiger partial charge >= 0.3 is 12.2 Å². The van der Waals surface area contributed by atoms with Crippen molar-refractivity contribution >= 4 is 29.0 Å². The number of carbonyl (C=O) groups excluding carboxylic acids is 1. The summed E-state index contributed by atoms with van der Waals surface area (Å²) in [6.07, 6.45) is -4.62. The predicted molar refractivity (Wildman–Crippen MR) is 113 cm³/mol. The van der Waals surface area contributed by atoms with Crippen LogP contribution in [-0.4, -0.2) is 13.1 Å². The van der Waals surface area contributed by atoms with Crippen molar-refractivity contribution < 1.29 is 27.4 Å². The van der Waals surface area contributed by atoms with Crippen molar-refractivity contribution in [1.82, 2.24) is 0 Å². The zero-order valence-electron chi connectivity index (χ0n) is 16.3. The number of amides is 2. The molecule has 31 heavy (non-hydrogen) atoms. The minimum Gasteiger partial charge on any atom is -0.497 e. The minimum absolute atomic E-state index is 0.0348. The van der Waals surface area contributed by atoms with Crippen molar-refractivity contribution in [3.8, 4) is 11.5 Å². The molecule has 2 N–H and O–H groups in total. The van der Waals surface area contributed by atoms with E-state index in [0.717, 1.165) is 23.4 Å². The van der Waals surface area contributed by atoms with Gasteiger partial charge in [-0.05, 0) is 60.2 Å². The van der Waals surface area contributed by atoms with Gasteiger partial charge in [0.15, 0.2) is 0 Å². The summed E-state index contributed by atoms with van der Waals surface area (Å²) in [7, 11) is 1.59. The van der Waals surface area contributed by atoms with Crippen LogP contribution in [0.1, 0.15) is 11.1 Å². The van der Waals surface area contributed by atoms with E-state index in [1.807, 2.05) is 24.3 Å². The van der Waals surface area contributed by atoms with E-state index in [1.165, 1.54) is 6.07 Å². The number of hydrogen-bond donors (Lipinski definition) is 2. The summed E-state index contributed by atoms with van der Waals surface area (Å²) in [5, 5.41) is 4.45. The number of ether oxygens (including phenoxy) is 2. The Balaban J connectivity index is 1.56. The highest BCUT2D eigenvalue weighted by atomic mass is 35.5. The minimum atomic E-state index is -4.62. The summed E-state index contributed by atoms with van der Waals surface area (Å²) in [5.41, 5.74) is 0.315. The van der Waals surface area contributed by atoms with Crippen molar-refractivity contribution in [1.29, 1.82) is 0 Å². The van der Waals surface area contributed by atoms with E-state index in [4.69, 9.17) is 21.1 Å². The molecule has 0 unspecified atom stereocenters. The molecule has 3 aromatic carbocycles. The Morgan fingerprint density at radius 2 is 1.61 bits per heavy atom. The summed E-state index contributed by atoms with van der Waals surface area (Å²) in [6, 6.07) is 16.5. The van der Waals surface area contributed by atoms with Crippen molar-refractivity contribution in [2.75, 3.05) is 17.7 Å². The number of methoxy groups -OCH3 is 1. The molecule has 0 radical (unpaired) electrons. The SMILES string of the molecule is COc1cccc(COc2ccc(NC(=O)Nc3ccc(Cl)c(C(F)(F)F)c3)cc2)c1. The largest absolute Gasteiger partial charge is 0.497 e. The lowest BCUT2D eigenvalue weighted by Crippen LogP contribution is -2.19. The van der Waals surface area contributed by atoms with Crippen molar-refractivity contribution in [2.24, 2.45) is 0 Å². The zero-order chi connectivity index (χ0) is 22.4. The molecule has 0 aliphatic carbocycles. The predicted octanol–water partition coefficient (Wildman–Crippen LogP) is 6.59. The van der Waals surface area contributed by atoms with Crippen LogP contribution in [0.5, 0.6) is 11.5 Å². The Labute approximate surface area is 181 Å². The molecule has 0 atom stereocenters. The lowest BCUT2D eigenvalue weighted by atomic mass is 10.2. The molecule has 5 nitrogen and oxygen atoms in total. The van der Waals surface area contributed by atoms with Gasteiger partial charge in [0.2, 0.25) is 0 Å². The van der Waals surface area contributed by atoms with Crippen molar-refractivity contribution in [3.05, 3.63) is 82.9 Å². The maximum atomic E-state index is 12.9. The van der Waals surface area contributed by atoms with Crippen molar-refractivity contribution in [3.63, 3.8) is 0 Å². The number of hydrogen-bond acceptors (Lipinski definition) is 3. The fraction of sp³-hybridized carbons (Fsp3) is 0.136. The first-order chi connectivity index (χ1) is 14.7. The van der Waals surface area contributed by atoms with E-state index in [9.17, 15) is 18.0 Å². The lowest BCUT2D eigenvalue weighted by Gasteiger charge is -2.12. The van der Waals surface area contributed by atoms with Crippen LogP contribution >= 0.6 is 11.6 Å². The fourth-order valence-electron chi connectivity index (χ4n) is 2.68. The molecule has 0 saturated carbocycles. The maximum absolute atomic E-state index is 12.9. The van der Waals surface area contributed by atoms with Gasteiger partial charge in [-0.3, -0.25) is 0 Å². The van der Waals surface area contributed by atoms with Gasteiger partial charge in [-0.25, -0.2) is 4.79 Å². The Bertz CT molecular complexity index is 1060. The van der Waals surface area contributed by atoms with Gasteiger partial charge in [-0.2, -0.15) is 13.2 Å². The highest BCUT2D eigenvalue weighted by Crippen LogP contribution is 2.36. The third-order valence-corrected chi connectivity index (χ3v) is 4.51. The van der Waals surface area contributed by atoms with E-state index < -0.39 is 22.8 Å². The maximum Gasteiger partial charge on any atom is 0.417 e. The fourth-order valence-corrected chi connectivity index (χ4v) is 2.90. The van der Waals surface area contributed by atoms with Gasteiger partial charge in [0.1, 0.15) is 18.1 Å². The van der Waals surface area contributed by atoms with Crippen LogP contribution in [0.15, 0.2) is 66.7 Å². The molecule has 0 aliphatic heterocycles. The Morgan fingerprint density at radius 1 is 0.935 bits per heavy atom. The lowest BCUT2D eigenvalue weighted by molar-refractivity contribution is -0.137. The second-order valence-corrected chi connectivity index (χ2v) is 6.84. The second kappa shape index (κ2) is 9.61. The average Bonchev–Trinajstić information content (AvgIpc) is 2.74. The van der Waals surface area contributed by atoms with Gasteiger partial charge in [0, 0.05) is 11.4 Å². The number of halogens is 4. The highest BCUT2D eigenvalue weighted by Gasteiger charge is 2.33. The molecule has 0 fully saturated rings. The molecule has 9 heteroatoms. The first kappa shape index (κ1) is 22.3. The smallest absolute Gasteiger partial charge is 0.417 e. The molecule has 0 saturated heterocycles. The van der Waals surface area contributed by atoms with E-state index in [1.54, 1.807) is 31.4 Å². The standard InChI is InChI=1S/C22H18ClF3N2O3/c1-30-18-4-2-3-14(11-18)13-31-17-8-5-15(6-9-17)27-21(29)28-16-7-10-20(23)19(12-16)22(24,25)26/h2-12H,13H2,1H3,(H2,27,28,29). The third kappa shape index (κ3) is 6.29. The van der Waals surface area contributed by atoms with Crippen LogP contribution in [-0.2, 0) is 12.8 Å². The van der Waals surface area contributed by atoms with E-state index in [2.05, 4.69) is 10.6 Å². The molecule has 3 aromatic rings. The van der Waals surface area contributed by atoms with Crippen LogP contribution in [0.25, 0.3) is 0 Å². The Hall–Kier alpha value is -3.39. The third-order valence-electron chi connectivity index (χ3n) is 4.18. The Kier molecular flexibility index (Phi) is 6.91. The first-order valence-corrected chi connectivity index (χ1v) is 9.43. The van der Waals surface area contributed by atoms with Crippen LogP contribution in [0.4, 0.5) is 29.3 Å². The summed E-state index contributed by atoms with van der Waals surface area (Å²) in [5.74, 6) is 1.32. The molecule has 0 bridgehead atoms. The van der Waals surface area contributed by atoms with Gasteiger partial charge in [0.05, 0.1) is 17.7 Å². The van der Waals surface area contributed by atoms with Gasteiger partial charge in [-0.1, -0.05) is 23.7 Å². The number of anilines is 2. The molecule has 0 aliphatic rings. The normalized spacial score (nSPS) is 11.0. The van der Waals surface area contributed by atoms with E-state index >= 15 is 0 Å². The number of urea groups is 1. The van der Waals surface area contributed by atoms with Crippen LogP contribution in [0.2, 0.25) is 5.02 Å². The molecule has 3 rings (SSSR count). The summed E-state index contributed by atoms with van der Waals surface area (Å²) >= 11 is 5.58. The quantitative estimate of drug-likeness (QED) is 0.445. The van der Waals surface area contributed by atoms with E-state index in [-0.39, 0.29) is 5.69 Å². The number of carbonyl (C=O) groups is 1. The first-order valence-electron chi connectivity index (χ1n) is 9.05. The molecule has 0 aromatic heterocycles. The molecule has 2 amide bonds. The molecular weight excluding hydrogens is 433 g/mol. The van der Waals surface area contributed by atoms with Gasteiger partial charge in [0.25, 0.3) is 0 Å². The Morgan fingerprint density at radius 3 is 2.29 bits per heavy atom. The van der Waals surface area contributed by atoms with Crippen LogP contribution in [0, 0.1) is 0 Å². The zero-order valence-corrected chi connectivity index (χ0v) is 17.1. The van der Waals surface area contributed by atoms with E-state index in [0.29, 0.717) is 18.0 Å².